The Morgan fingerprint density at radius 2 is 0.983 bits per heavy atom. The van der Waals surface area contributed by atoms with Crippen molar-refractivity contribution in [3.8, 4) is 56.4 Å². The van der Waals surface area contributed by atoms with Crippen LogP contribution in [-0.2, 0) is 5.41 Å². The first kappa shape index (κ1) is 33.7. The Morgan fingerprint density at radius 3 is 1.59 bits per heavy atom. The number of hydrogen-bond donors (Lipinski definition) is 0. The molecule has 0 radical (unpaired) electrons. The first-order chi connectivity index (χ1) is 28.5. The molecule has 58 heavy (non-hydrogen) atoms. The predicted molar refractivity (Wildman–Crippen MR) is 234 cm³/mol. The van der Waals surface area contributed by atoms with Gasteiger partial charge in [-0.2, -0.15) is 0 Å². The van der Waals surface area contributed by atoms with Gasteiger partial charge in [-0.3, -0.25) is 0 Å². The number of nitrogens with zero attached hydrogens (tertiary/aromatic N) is 4. The van der Waals surface area contributed by atoms with Crippen molar-refractivity contribution in [2.24, 2.45) is 17.8 Å². The van der Waals surface area contributed by atoms with E-state index >= 15 is 0 Å². The highest BCUT2D eigenvalue weighted by molar-refractivity contribution is 6.10. The maximum atomic E-state index is 6.20. The Kier molecular flexibility index (Phi) is 7.57. The van der Waals surface area contributed by atoms with Gasteiger partial charge in [-0.05, 0) is 119 Å². The molecule has 0 amide bonds. The summed E-state index contributed by atoms with van der Waals surface area (Å²) in [5.41, 5.74) is 12.1. The topological polar surface area (TPSA) is 64.7 Å². The molecule has 0 N–H and O–H groups in total. The fourth-order valence-electron chi connectivity index (χ4n) is 11.4. The molecular weight excluding hydrogens is 709 g/mol. The minimum absolute atomic E-state index is 0.335. The van der Waals surface area contributed by atoms with Crippen molar-refractivity contribution < 1.29 is 4.42 Å². The third kappa shape index (κ3) is 5.51. The summed E-state index contributed by atoms with van der Waals surface area (Å²) in [6, 6.07) is 50.0. The Labute approximate surface area is 337 Å². The van der Waals surface area contributed by atoms with Gasteiger partial charge in [-0.15, -0.1) is 0 Å². The summed E-state index contributed by atoms with van der Waals surface area (Å²) >= 11 is 0. The van der Waals surface area contributed by atoms with E-state index in [0.717, 1.165) is 56.4 Å². The van der Waals surface area contributed by atoms with Gasteiger partial charge in [-0.25, -0.2) is 19.9 Å². The van der Waals surface area contributed by atoms with Crippen molar-refractivity contribution in [1.29, 1.82) is 0 Å². The molecule has 4 saturated carbocycles. The van der Waals surface area contributed by atoms with Gasteiger partial charge in [0, 0.05) is 28.3 Å². The zero-order valence-corrected chi connectivity index (χ0v) is 32.5. The lowest BCUT2D eigenvalue weighted by molar-refractivity contribution is -0.00518. The summed E-state index contributed by atoms with van der Waals surface area (Å²) in [5.74, 6) is 4.60. The Bertz CT molecular complexity index is 3000. The summed E-state index contributed by atoms with van der Waals surface area (Å²) in [7, 11) is 0. The minimum Gasteiger partial charge on any atom is -0.438 e. The quantitative estimate of drug-likeness (QED) is 0.169. The molecule has 4 fully saturated rings. The number of benzene rings is 6. The van der Waals surface area contributed by atoms with Gasteiger partial charge in [0.05, 0.1) is 5.39 Å². The second kappa shape index (κ2) is 13.0. The molecule has 0 spiro atoms. The van der Waals surface area contributed by atoms with Crippen LogP contribution in [-0.4, -0.2) is 19.9 Å². The van der Waals surface area contributed by atoms with Crippen LogP contribution < -0.4 is 0 Å². The van der Waals surface area contributed by atoms with Gasteiger partial charge in [0.15, 0.2) is 17.5 Å². The maximum Gasteiger partial charge on any atom is 0.228 e. The van der Waals surface area contributed by atoms with E-state index < -0.39 is 0 Å². The summed E-state index contributed by atoms with van der Waals surface area (Å²) < 4.78 is 6.20. The molecule has 0 unspecified atom stereocenters. The molecule has 5 nitrogen and oxygen atoms in total. The van der Waals surface area contributed by atoms with Crippen LogP contribution in [0.3, 0.4) is 0 Å². The Hall–Kier alpha value is -6.46. The minimum atomic E-state index is 0.335. The second-order valence-corrected chi connectivity index (χ2v) is 17.4. The van der Waals surface area contributed by atoms with Crippen molar-refractivity contribution in [1.82, 2.24) is 19.9 Å². The number of aromatic nitrogens is 4. The third-order valence-corrected chi connectivity index (χ3v) is 13.7. The summed E-state index contributed by atoms with van der Waals surface area (Å²) in [5, 5.41) is 4.37. The van der Waals surface area contributed by atoms with Crippen molar-refractivity contribution in [3.05, 3.63) is 157 Å². The molecule has 0 saturated heterocycles. The van der Waals surface area contributed by atoms with Crippen LogP contribution in [0.4, 0.5) is 0 Å². The number of pyridine rings is 1. The number of aryl methyl sites for hydroxylation is 1. The molecule has 9 aromatic rings. The predicted octanol–water partition coefficient (Wildman–Crippen LogP) is 13.4. The lowest BCUT2D eigenvalue weighted by atomic mass is 9.48. The molecule has 4 bridgehead atoms. The van der Waals surface area contributed by atoms with Gasteiger partial charge < -0.3 is 4.42 Å². The van der Waals surface area contributed by atoms with E-state index in [0.29, 0.717) is 28.6 Å². The van der Waals surface area contributed by atoms with E-state index in [9.17, 15) is 0 Å². The lowest BCUT2D eigenvalue weighted by Gasteiger charge is -2.57. The van der Waals surface area contributed by atoms with Gasteiger partial charge >= 0.3 is 0 Å². The van der Waals surface area contributed by atoms with Crippen LogP contribution in [0.2, 0.25) is 0 Å². The molecule has 5 heteroatoms. The highest BCUT2D eigenvalue weighted by Crippen LogP contribution is 2.60. The van der Waals surface area contributed by atoms with E-state index in [-0.39, 0.29) is 0 Å². The number of hydrogen-bond acceptors (Lipinski definition) is 5. The first-order valence-corrected chi connectivity index (χ1v) is 20.9. The monoisotopic (exact) mass is 750 g/mol. The van der Waals surface area contributed by atoms with Gasteiger partial charge in [0.1, 0.15) is 5.58 Å². The number of fused-ring (bicyclic) bond motifs is 4. The highest BCUT2D eigenvalue weighted by Gasteiger charge is 2.51. The molecule has 280 valence electrons. The van der Waals surface area contributed by atoms with Crippen LogP contribution >= 0.6 is 0 Å². The van der Waals surface area contributed by atoms with Crippen molar-refractivity contribution in [2.45, 2.75) is 50.9 Å². The smallest absolute Gasteiger partial charge is 0.228 e. The lowest BCUT2D eigenvalue weighted by Crippen LogP contribution is -2.48. The fraction of sp³-hybridized carbons (Fsp3) is 0.208. The largest absolute Gasteiger partial charge is 0.438 e. The maximum absolute atomic E-state index is 6.20. The molecule has 3 aromatic heterocycles. The van der Waals surface area contributed by atoms with E-state index in [1.54, 1.807) is 6.20 Å². The SMILES string of the molecule is Cc1ccc(-c2ccc(-c3ccc(-c4nc(-c5ccc(C67CC8C[C@H](C6)C[C@@H](C8)C7)cc5)nc(-c5ccnc6oc7ccccc7c56)n4)cc3)c3ccccc23)cc1. The molecule has 3 heterocycles. The molecule has 13 rings (SSSR count). The average molecular weight is 751 g/mol. The zero-order valence-electron chi connectivity index (χ0n) is 32.5. The second-order valence-electron chi connectivity index (χ2n) is 17.4. The first-order valence-electron chi connectivity index (χ1n) is 20.9. The van der Waals surface area contributed by atoms with Gasteiger partial charge in [0.25, 0.3) is 0 Å². The van der Waals surface area contributed by atoms with Gasteiger partial charge in [-0.1, -0.05) is 133 Å². The average Bonchev–Trinajstić information content (AvgIpc) is 3.65. The summed E-state index contributed by atoms with van der Waals surface area (Å²) in [6.45, 7) is 2.13. The zero-order chi connectivity index (χ0) is 38.4. The standard InChI is InChI=1S/C53H42N4O/c1-32-10-12-36(13-11-32)41-22-23-42(44-7-3-2-6-43(41)44)37-14-16-38(17-15-37)49-55-50(39-18-20-40(21-19-39)53-29-33-26-34(30-53)28-35(27-33)31-53)57-51(56-49)46-24-25-54-52-48(46)45-8-4-5-9-47(45)58-52/h2-25,33-35H,26-31H2,1H3/t33-,34+,35?,53?. The van der Waals surface area contributed by atoms with E-state index in [2.05, 4.69) is 127 Å². The molecule has 0 aliphatic heterocycles. The van der Waals surface area contributed by atoms with Gasteiger partial charge in [0.2, 0.25) is 5.71 Å². The summed E-state index contributed by atoms with van der Waals surface area (Å²) in [4.78, 5) is 20.2. The van der Waals surface area contributed by atoms with Crippen molar-refractivity contribution in [3.63, 3.8) is 0 Å². The van der Waals surface area contributed by atoms with Crippen molar-refractivity contribution >= 4 is 32.8 Å². The summed E-state index contributed by atoms with van der Waals surface area (Å²) in [6.07, 6.45) is 10.2. The van der Waals surface area contributed by atoms with E-state index in [1.165, 1.54) is 77.1 Å². The number of furan rings is 1. The molecule has 4 aliphatic carbocycles. The Balaban J connectivity index is 0.960. The number of rotatable bonds is 6. The fourth-order valence-corrected chi connectivity index (χ4v) is 11.4. The van der Waals surface area contributed by atoms with Crippen LogP contribution in [0.5, 0.6) is 0 Å². The molecule has 0 atom stereocenters. The van der Waals surface area contributed by atoms with Crippen LogP contribution in [0, 0.1) is 24.7 Å². The molecule has 6 aromatic carbocycles. The molecular formula is C53H42N4O. The van der Waals surface area contributed by atoms with Crippen LogP contribution in [0.1, 0.15) is 49.7 Å². The molecule has 4 aliphatic rings. The number of para-hydroxylation sites is 1. The van der Waals surface area contributed by atoms with E-state index in [4.69, 9.17) is 19.4 Å². The Morgan fingerprint density at radius 1 is 0.483 bits per heavy atom. The third-order valence-electron chi connectivity index (χ3n) is 13.7. The highest BCUT2D eigenvalue weighted by atomic mass is 16.3. The normalized spacial score (nSPS) is 21.0. The van der Waals surface area contributed by atoms with E-state index in [1.807, 2.05) is 24.3 Å². The van der Waals surface area contributed by atoms with Crippen molar-refractivity contribution in [2.75, 3.05) is 0 Å². The van der Waals surface area contributed by atoms with Crippen LogP contribution in [0.25, 0.3) is 89.3 Å². The van der Waals surface area contributed by atoms with Crippen LogP contribution in [0.15, 0.2) is 150 Å².